The van der Waals surface area contributed by atoms with Crippen molar-refractivity contribution in [3.63, 3.8) is 0 Å². The third-order valence-corrected chi connectivity index (χ3v) is 2.53. The summed E-state index contributed by atoms with van der Waals surface area (Å²) in [4.78, 5) is 3.14. The first-order valence-corrected chi connectivity index (χ1v) is 4.61. The summed E-state index contributed by atoms with van der Waals surface area (Å²) in [6.07, 6.45) is 1.88. The van der Waals surface area contributed by atoms with Crippen LogP contribution in [0.15, 0.2) is 30.5 Å². The zero-order valence-corrected chi connectivity index (χ0v) is 8.12. The van der Waals surface area contributed by atoms with Crippen molar-refractivity contribution in [3.8, 4) is 0 Å². The lowest BCUT2D eigenvalue weighted by molar-refractivity contribution is 0.211. The van der Waals surface area contributed by atoms with Crippen LogP contribution in [0.5, 0.6) is 0 Å². The summed E-state index contributed by atoms with van der Waals surface area (Å²) in [7, 11) is 0. The van der Waals surface area contributed by atoms with Gasteiger partial charge in [-0.05, 0) is 23.9 Å². The van der Waals surface area contributed by atoms with Gasteiger partial charge in [0.1, 0.15) is 0 Å². The van der Waals surface area contributed by atoms with Crippen LogP contribution >= 0.6 is 0 Å². The standard InChI is InChI=1S/C11H14N2O/c1-11(12,7-14)9-4-2-3-8-5-6-13-10(8)9/h2-6,13-14H,7,12H2,1H3. The van der Waals surface area contributed by atoms with Crippen LogP contribution in [0.25, 0.3) is 10.9 Å². The Bertz CT molecular complexity index is 445. The third kappa shape index (κ3) is 1.31. The summed E-state index contributed by atoms with van der Waals surface area (Å²) in [5, 5.41) is 10.3. The second-order valence-electron chi connectivity index (χ2n) is 3.82. The first kappa shape index (κ1) is 9.24. The number of nitrogens with one attached hydrogen (secondary N) is 1. The topological polar surface area (TPSA) is 62.0 Å². The van der Waals surface area contributed by atoms with Crippen molar-refractivity contribution in [2.45, 2.75) is 12.5 Å². The molecule has 0 aliphatic rings. The molecule has 1 unspecified atom stereocenters. The van der Waals surface area contributed by atoms with Crippen LogP contribution in [-0.2, 0) is 5.54 Å². The maximum absolute atomic E-state index is 9.21. The van der Waals surface area contributed by atoms with Gasteiger partial charge in [-0.2, -0.15) is 0 Å². The Morgan fingerprint density at radius 1 is 1.43 bits per heavy atom. The molecule has 0 bridgehead atoms. The molecule has 4 N–H and O–H groups in total. The Labute approximate surface area is 82.6 Å². The molecule has 1 atom stereocenters. The molecule has 0 aliphatic carbocycles. The fraction of sp³-hybridized carbons (Fsp3) is 0.273. The number of aliphatic hydroxyl groups excluding tert-OH is 1. The number of hydrogen-bond donors (Lipinski definition) is 3. The number of aromatic amines is 1. The molecule has 1 aromatic heterocycles. The van der Waals surface area contributed by atoms with Crippen LogP contribution in [-0.4, -0.2) is 16.7 Å². The molecular formula is C11H14N2O. The zero-order valence-electron chi connectivity index (χ0n) is 8.12. The summed E-state index contributed by atoms with van der Waals surface area (Å²) < 4.78 is 0. The molecule has 0 spiro atoms. The lowest BCUT2D eigenvalue weighted by Gasteiger charge is -2.22. The number of benzene rings is 1. The second kappa shape index (κ2) is 3.12. The monoisotopic (exact) mass is 190 g/mol. The van der Waals surface area contributed by atoms with Gasteiger partial charge >= 0.3 is 0 Å². The molecule has 74 valence electrons. The zero-order chi connectivity index (χ0) is 10.2. The normalized spacial score (nSPS) is 15.6. The Hall–Kier alpha value is -1.32. The molecule has 3 heteroatoms. The van der Waals surface area contributed by atoms with E-state index < -0.39 is 5.54 Å². The molecule has 14 heavy (non-hydrogen) atoms. The van der Waals surface area contributed by atoms with E-state index in [1.807, 2.05) is 37.4 Å². The molecule has 0 saturated carbocycles. The number of para-hydroxylation sites is 1. The number of aromatic nitrogens is 1. The van der Waals surface area contributed by atoms with Gasteiger partial charge in [0, 0.05) is 6.20 Å². The summed E-state index contributed by atoms with van der Waals surface area (Å²) >= 11 is 0. The minimum atomic E-state index is -0.690. The van der Waals surface area contributed by atoms with Crippen LogP contribution in [0.3, 0.4) is 0 Å². The van der Waals surface area contributed by atoms with Crippen LogP contribution in [0, 0.1) is 0 Å². The molecule has 3 nitrogen and oxygen atoms in total. The average molecular weight is 190 g/mol. The van der Waals surface area contributed by atoms with Crippen molar-refractivity contribution in [1.29, 1.82) is 0 Å². The Kier molecular flexibility index (Phi) is 2.06. The van der Waals surface area contributed by atoms with Crippen LogP contribution < -0.4 is 5.73 Å². The number of fused-ring (bicyclic) bond motifs is 1. The summed E-state index contributed by atoms with van der Waals surface area (Å²) in [5.74, 6) is 0. The van der Waals surface area contributed by atoms with Gasteiger partial charge in [0.25, 0.3) is 0 Å². The van der Waals surface area contributed by atoms with E-state index in [2.05, 4.69) is 4.98 Å². The van der Waals surface area contributed by atoms with Crippen LogP contribution in [0.4, 0.5) is 0 Å². The van der Waals surface area contributed by atoms with Gasteiger partial charge in [0.15, 0.2) is 0 Å². The van der Waals surface area contributed by atoms with Gasteiger partial charge in [-0.1, -0.05) is 18.2 Å². The second-order valence-corrected chi connectivity index (χ2v) is 3.82. The van der Waals surface area contributed by atoms with Gasteiger partial charge in [-0.15, -0.1) is 0 Å². The predicted molar refractivity (Wildman–Crippen MR) is 56.9 cm³/mol. The third-order valence-electron chi connectivity index (χ3n) is 2.53. The number of rotatable bonds is 2. The molecule has 1 heterocycles. The minimum Gasteiger partial charge on any atom is -0.394 e. The Morgan fingerprint density at radius 3 is 2.93 bits per heavy atom. The number of nitrogens with two attached hydrogens (primary N) is 1. The van der Waals surface area contributed by atoms with Gasteiger partial charge in [-0.3, -0.25) is 0 Å². The van der Waals surface area contributed by atoms with Crippen LogP contribution in [0.2, 0.25) is 0 Å². The summed E-state index contributed by atoms with van der Waals surface area (Å²) in [5.41, 5.74) is 7.26. The van der Waals surface area contributed by atoms with E-state index in [9.17, 15) is 5.11 Å². The van der Waals surface area contributed by atoms with Crippen molar-refractivity contribution in [2.75, 3.05) is 6.61 Å². The van der Waals surface area contributed by atoms with Crippen LogP contribution in [0.1, 0.15) is 12.5 Å². The molecule has 2 aromatic rings. The molecule has 0 aliphatic heterocycles. The maximum Gasteiger partial charge on any atom is 0.0651 e. The van der Waals surface area contributed by atoms with E-state index in [0.717, 1.165) is 16.5 Å². The molecule has 0 amide bonds. The Balaban J connectivity index is 2.67. The molecular weight excluding hydrogens is 176 g/mol. The molecule has 1 aromatic carbocycles. The lowest BCUT2D eigenvalue weighted by atomic mass is 9.92. The lowest BCUT2D eigenvalue weighted by Crippen LogP contribution is -2.37. The number of hydrogen-bond acceptors (Lipinski definition) is 2. The Morgan fingerprint density at radius 2 is 2.21 bits per heavy atom. The van der Waals surface area contributed by atoms with E-state index in [1.54, 1.807) is 0 Å². The highest BCUT2D eigenvalue weighted by Crippen LogP contribution is 2.25. The highest BCUT2D eigenvalue weighted by atomic mass is 16.3. The van der Waals surface area contributed by atoms with Crippen molar-refractivity contribution in [1.82, 2.24) is 4.98 Å². The first-order valence-electron chi connectivity index (χ1n) is 4.61. The predicted octanol–water partition coefficient (Wildman–Crippen LogP) is 1.33. The van der Waals surface area contributed by atoms with Crippen molar-refractivity contribution in [3.05, 3.63) is 36.0 Å². The molecule has 0 radical (unpaired) electrons. The molecule has 2 rings (SSSR count). The van der Waals surface area contributed by atoms with Gasteiger partial charge < -0.3 is 15.8 Å². The van der Waals surface area contributed by atoms with Gasteiger partial charge in [-0.25, -0.2) is 0 Å². The molecule has 0 saturated heterocycles. The average Bonchev–Trinajstić information content (AvgIpc) is 2.64. The van der Waals surface area contributed by atoms with Crippen molar-refractivity contribution >= 4 is 10.9 Å². The van der Waals surface area contributed by atoms with E-state index in [4.69, 9.17) is 5.73 Å². The number of H-pyrrole nitrogens is 1. The largest absolute Gasteiger partial charge is 0.394 e. The van der Waals surface area contributed by atoms with E-state index in [1.165, 1.54) is 0 Å². The summed E-state index contributed by atoms with van der Waals surface area (Å²) in [6, 6.07) is 7.90. The maximum atomic E-state index is 9.21. The van der Waals surface area contributed by atoms with E-state index >= 15 is 0 Å². The first-order chi connectivity index (χ1) is 6.65. The summed E-state index contributed by atoms with van der Waals surface area (Å²) in [6.45, 7) is 1.76. The fourth-order valence-electron chi connectivity index (χ4n) is 1.65. The fourth-order valence-corrected chi connectivity index (χ4v) is 1.65. The quantitative estimate of drug-likeness (QED) is 0.669. The number of aliphatic hydroxyl groups is 1. The van der Waals surface area contributed by atoms with Gasteiger partial charge in [0.05, 0.1) is 17.7 Å². The van der Waals surface area contributed by atoms with E-state index in [-0.39, 0.29) is 6.61 Å². The van der Waals surface area contributed by atoms with Crippen molar-refractivity contribution in [2.24, 2.45) is 5.73 Å². The highest BCUT2D eigenvalue weighted by molar-refractivity contribution is 5.83. The smallest absolute Gasteiger partial charge is 0.0651 e. The minimum absolute atomic E-state index is 0.0644. The van der Waals surface area contributed by atoms with E-state index in [0.29, 0.717) is 0 Å². The van der Waals surface area contributed by atoms with Crippen molar-refractivity contribution < 1.29 is 5.11 Å². The molecule has 0 fully saturated rings. The highest BCUT2D eigenvalue weighted by Gasteiger charge is 2.22. The SMILES string of the molecule is CC(N)(CO)c1cccc2cc[nH]c12. The van der Waals surface area contributed by atoms with Gasteiger partial charge in [0.2, 0.25) is 0 Å².